The highest BCUT2D eigenvalue weighted by Crippen LogP contribution is 2.28. The van der Waals surface area contributed by atoms with Gasteiger partial charge in [0.25, 0.3) is 0 Å². The Balaban J connectivity index is 1.74. The zero-order valence-corrected chi connectivity index (χ0v) is 12.2. The van der Waals surface area contributed by atoms with Gasteiger partial charge in [0.15, 0.2) is 0 Å². The van der Waals surface area contributed by atoms with E-state index in [1.54, 1.807) is 11.2 Å². The van der Waals surface area contributed by atoms with E-state index in [-0.39, 0.29) is 23.8 Å². The Morgan fingerprint density at radius 3 is 2.76 bits per heavy atom. The maximum Gasteiger partial charge on any atom is 0.245 e. The molecule has 1 saturated carbocycles. The second kappa shape index (κ2) is 6.33. The van der Waals surface area contributed by atoms with Crippen molar-refractivity contribution in [3.05, 3.63) is 24.2 Å². The van der Waals surface area contributed by atoms with Gasteiger partial charge in [-0.1, -0.05) is 19.3 Å². The predicted octanol–water partition coefficient (Wildman–Crippen LogP) is 2.08. The zero-order valence-electron chi connectivity index (χ0n) is 12.2. The van der Waals surface area contributed by atoms with Crippen molar-refractivity contribution in [2.24, 2.45) is 5.92 Å². The number of nitrogens with one attached hydrogen (secondary N) is 1. The molecule has 0 spiro atoms. The van der Waals surface area contributed by atoms with Crippen molar-refractivity contribution in [2.45, 2.75) is 51.1 Å². The van der Waals surface area contributed by atoms with Crippen LogP contribution in [0, 0.1) is 5.92 Å². The van der Waals surface area contributed by atoms with E-state index in [4.69, 9.17) is 4.42 Å². The summed E-state index contributed by atoms with van der Waals surface area (Å²) in [6.45, 7) is 0.915. The van der Waals surface area contributed by atoms with Crippen LogP contribution in [-0.4, -0.2) is 29.3 Å². The third-order valence-electron chi connectivity index (χ3n) is 4.55. The second-order valence-corrected chi connectivity index (χ2v) is 6.03. The summed E-state index contributed by atoms with van der Waals surface area (Å²) < 4.78 is 5.33. The molecule has 5 heteroatoms. The number of nitrogens with zero attached hydrogens (tertiary/aromatic N) is 1. The van der Waals surface area contributed by atoms with Crippen molar-refractivity contribution in [1.29, 1.82) is 0 Å². The summed E-state index contributed by atoms with van der Waals surface area (Å²) in [6, 6.07) is 3.33. The fourth-order valence-electron chi connectivity index (χ4n) is 3.39. The van der Waals surface area contributed by atoms with Gasteiger partial charge in [0, 0.05) is 13.0 Å². The molecule has 1 atom stereocenters. The fraction of sp³-hybridized carbons (Fsp3) is 0.625. The molecule has 1 aliphatic heterocycles. The molecule has 114 valence electrons. The smallest absolute Gasteiger partial charge is 0.245 e. The van der Waals surface area contributed by atoms with Crippen LogP contribution in [0.1, 0.15) is 44.3 Å². The molecular weight excluding hydrogens is 268 g/mol. The molecule has 1 aliphatic carbocycles. The highest BCUT2D eigenvalue weighted by molar-refractivity contribution is 5.90. The average molecular weight is 290 g/mol. The molecule has 0 radical (unpaired) electrons. The summed E-state index contributed by atoms with van der Waals surface area (Å²) in [6.07, 6.45) is 7.60. The van der Waals surface area contributed by atoms with E-state index in [0.717, 1.165) is 31.4 Å². The van der Waals surface area contributed by atoms with E-state index in [9.17, 15) is 9.59 Å². The van der Waals surface area contributed by atoms with Crippen LogP contribution in [-0.2, 0) is 16.1 Å². The first-order chi connectivity index (χ1) is 10.2. The van der Waals surface area contributed by atoms with Gasteiger partial charge < -0.3 is 14.6 Å². The van der Waals surface area contributed by atoms with Crippen LogP contribution in [0.3, 0.4) is 0 Å². The van der Waals surface area contributed by atoms with Gasteiger partial charge in [0.2, 0.25) is 11.8 Å². The minimum atomic E-state index is -0.352. The molecule has 2 aliphatic rings. The highest BCUT2D eigenvalue weighted by Gasteiger charge is 2.36. The standard InChI is InChI=1S/C16H22N2O3/c19-14-8-9-18(11-13-7-4-10-21-13)16(20)15(17-14)12-5-2-1-3-6-12/h4,7,10,12,15H,1-3,5-6,8-9,11H2,(H,17,19). The van der Waals surface area contributed by atoms with Crippen molar-refractivity contribution in [3.8, 4) is 0 Å². The van der Waals surface area contributed by atoms with Crippen molar-refractivity contribution < 1.29 is 14.0 Å². The topological polar surface area (TPSA) is 62.6 Å². The number of amides is 2. The molecular formula is C16H22N2O3. The first-order valence-electron chi connectivity index (χ1n) is 7.84. The predicted molar refractivity (Wildman–Crippen MR) is 77.2 cm³/mol. The highest BCUT2D eigenvalue weighted by atomic mass is 16.3. The molecule has 1 unspecified atom stereocenters. The lowest BCUT2D eigenvalue weighted by Crippen LogP contribution is -2.49. The van der Waals surface area contributed by atoms with Gasteiger partial charge in [-0.15, -0.1) is 0 Å². The van der Waals surface area contributed by atoms with Gasteiger partial charge in [-0.3, -0.25) is 9.59 Å². The lowest BCUT2D eigenvalue weighted by atomic mass is 9.83. The lowest BCUT2D eigenvalue weighted by molar-refractivity contribution is -0.136. The molecule has 21 heavy (non-hydrogen) atoms. The van der Waals surface area contributed by atoms with E-state index in [2.05, 4.69) is 5.32 Å². The molecule has 0 aromatic carbocycles. The number of hydrogen-bond acceptors (Lipinski definition) is 3. The second-order valence-electron chi connectivity index (χ2n) is 6.03. The van der Waals surface area contributed by atoms with E-state index < -0.39 is 0 Å². The van der Waals surface area contributed by atoms with Gasteiger partial charge in [-0.2, -0.15) is 0 Å². The van der Waals surface area contributed by atoms with Gasteiger partial charge in [0.1, 0.15) is 11.8 Å². The molecule has 1 aromatic heterocycles. The van der Waals surface area contributed by atoms with Crippen molar-refractivity contribution in [2.75, 3.05) is 6.54 Å². The van der Waals surface area contributed by atoms with E-state index in [1.165, 1.54) is 6.42 Å². The lowest BCUT2D eigenvalue weighted by Gasteiger charge is -2.31. The quantitative estimate of drug-likeness (QED) is 0.927. The average Bonchev–Trinajstić information content (AvgIpc) is 2.97. The monoisotopic (exact) mass is 290 g/mol. The summed E-state index contributed by atoms with van der Waals surface area (Å²) in [5.74, 6) is 1.08. The van der Waals surface area contributed by atoms with E-state index in [1.807, 2.05) is 12.1 Å². The molecule has 2 heterocycles. The Morgan fingerprint density at radius 1 is 1.24 bits per heavy atom. The molecule has 5 nitrogen and oxygen atoms in total. The summed E-state index contributed by atoms with van der Waals surface area (Å²) in [5.41, 5.74) is 0. The van der Waals surface area contributed by atoms with Crippen LogP contribution < -0.4 is 5.32 Å². The fourth-order valence-corrected chi connectivity index (χ4v) is 3.39. The van der Waals surface area contributed by atoms with Crippen molar-refractivity contribution >= 4 is 11.8 Å². The number of rotatable bonds is 3. The first-order valence-corrected chi connectivity index (χ1v) is 7.84. The van der Waals surface area contributed by atoms with E-state index in [0.29, 0.717) is 19.5 Å². The Hall–Kier alpha value is -1.78. The Labute approximate surface area is 124 Å². The van der Waals surface area contributed by atoms with E-state index >= 15 is 0 Å². The number of hydrogen-bond donors (Lipinski definition) is 1. The molecule has 1 saturated heterocycles. The molecule has 1 N–H and O–H groups in total. The van der Waals surface area contributed by atoms with Crippen LogP contribution in [0.15, 0.2) is 22.8 Å². The Bertz CT molecular complexity index is 492. The van der Waals surface area contributed by atoms with Gasteiger partial charge in [0.05, 0.1) is 12.8 Å². The SMILES string of the molecule is O=C1CCN(Cc2ccco2)C(=O)C(C2CCCCC2)N1. The number of carbonyl (C=O) groups is 2. The minimum absolute atomic E-state index is 0.0131. The van der Waals surface area contributed by atoms with Crippen LogP contribution in [0.4, 0.5) is 0 Å². The largest absolute Gasteiger partial charge is 0.467 e. The molecule has 2 amide bonds. The summed E-state index contributed by atoms with van der Waals surface area (Å²) in [4.78, 5) is 26.5. The van der Waals surface area contributed by atoms with Crippen LogP contribution in [0.2, 0.25) is 0 Å². The maximum absolute atomic E-state index is 12.8. The normalized spacial score (nSPS) is 24.8. The van der Waals surface area contributed by atoms with Gasteiger partial charge in [-0.05, 0) is 30.9 Å². The van der Waals surface area contributed by atoms with Crippen LogP contribution in [0.25, 0.3) is 0 Å². The van der Waals surface area contributed by atoms with Crippen molar-refractivity contribution in [1.82, 2.24) is 10.2 Å². The first kappa shape index (κ1) is 14.2. The number of furan rings is 1. The third-order valence-corrected chi connectivity index (χ3v) is 4.55. The van der Waals surface area contributed by atoms with Gasteiger partial charge in [-0.25, -0.2) is 0 Å². The minimum Gasteiger partial charge on any atom is -0.467 e. The van der Waals surface area contributed by atoms with Crippen molar-refractivity contribution in [3.63, 3.8) is 0 Å². The molecule has 3 rings (SSSR count). The molecule has 2 fully saturated rings. The summed E-state index contributed by atoms with van der Waals surface area (Å²) in [5, 5.41) is 2.95. The molecule has 1 aromatic rings. The van der Waals surface area contributed by atoms with Crippen LogP contribution in [0.5, 0.6) is 0 Å². The maximum atomic E-state index is 12.8. The Morgan fingerprint density at radius 2 is 2.05 bits per heavy atom. The Kier molecular flexibility index (Phi) is 4.27. The third kappa shape index (κ3) is 3.28. The molecule has 0 bridgehead atoms. The van der Waals surface area contributed by atoms with Gasteiger partial charge >= 0.3 is 0 Å². The summed E-state index contributed by atoms with van der Waals surface area (Å²) in [7, 11) is 0. The van der Waals surface area contributed by atoms with Crippen LogP contribution >= 0.6 is 0 Å². The summed E-state index contributed by atoms with van der Waals surface area (Å²) >= 11 is 0. The number of carbonyl (C=O) groups excluding carboxylic acids is 2. The zero-order chi connectivity index (χ0) is 14.7.